The Balaban J connectivity index is 2.11. The van der Waals surface area contributed by atoms with Gasteiger partial charge in [0, 0.05) is 24.4 Å². The van der Waals surface area contributed by atoms with E-state index >= 15 is 0 Å². The lowest BCUT2D eigenvalue weighted by molar-refractivity contribution is 0.102. The maximum Gasteiger partial charge on any atom is 0.274 e. The first-order chi connectivity index (χ1) is 12.6. The van der Waals surface area contributed by atoms with E-state index in [1.807, 2.05) is 6.07 Å². The minimum absolute atomic E-state index is 0.319. The molecule has 1 aromatic heterocycles. The number of pyridine rings is 1. The number of rotatable bonds is 9. The molecule has 0 spiro atoms. The molecule has 0 fully saturated rings. The Kier molecular flexibility index (Phi) is 7.08. The Morgan fingerprint density at radius 2 is 1.73 bits per heavy atom. The van der Waals surface area contributed by atoms with Crippen LogP contribution < -0.4 is 24.8 Å². The van der Waals surface area contributed by atoms with Gasteiger partial charge in [-0.3, -0.25) is 4.79 Å². The number of carbonyl (C=O) groups excluding carboxylic acids is 1. The number of hydrogen-bond donors (Lipinski definition) is 2. The zero-order valence-electron chi connectivity index (χ0n) is 15.6. The van der Waals surface area contributed by atoms with Crippen LogP contribution in [-0.4, -0.2) is 38.8 Å². The predicted octanol–water partition coefficient (Wildman–Crippen LogP) is 3.57. The van der Waals surface area contributed by atoms with Crippen molar-refractivity contribution in [3.63, 3.8) is 0 Å². The van der Waals surface area contributed by atoms with E-state index < -0.39 is 0 Å². The monoisotopic (exact) mass is 359 g/mol. The summed E-state index contributed by atoms with van der Waals surface area (Å²) in [6.07, 6.45) is 3.86. The lowest BCUT2D eigenvalue weighted by Crippen LogP contribution is -2.14. The van der Waals surface area contributed by atoms with Crippen molar-refractivity contribution in [3.05, 3.63) is 36.2 Å². The molecule has 0 aliphatic heterocycles. The highest BCUT2D eigenvalue weighted by molar-refractivity contribution is 6.03. The molecule has 26 heavy (non-hydrogen) atoms. The van der Waals surface area contributed by atoms with Gasteiger partial charge in [0.2, 0.25) is 5.75 Å². The Hall–Kier alpha value is -2.96. The lowest BCUT2D eigenvalue weighted by Gasteiger charge is -2.14. The molecule has 1 amide bonds. The molecule has 1 heterocycles. The van der Waals surface area contributed by atoms with E-state index in [2.05, 4.69) is 22.5 Å². The summed E-state index contributed by atoms with van der Waals surface area (Å²) in [5.74, 6) is 1.07. The second kappa shape index (κ2) is 9.50. The minimum atomic E-state index is -0.320. The van der Waals surface area contributed by atoms with Crippen LogP contribution in [0.4, 0.5) is 11.4 Å². The summed E-state index contributed by atoms with van der Waals surface area (Å²) >= 11 is 0. The largest absolute Gasteiger partial charge is 0.493 e. The first kappa shape index (κ1) is 19.4. The third kappa shape index (κ3) is 4.78. The van der Waals surface area contributed by atoms with Crippen molar-refractivity contribution in [1.29, 1.82) is 0 Å². The van der Waals surface area contributed by atoms with Gasteiger partial charge < -0.3 is 24.8 Å². The lowest BCUT2D eigenvalue weighted by atomic mass is 10.2. The van der Waals surface area contributed by atoms with Gasteiger partial charge in [0.1, 0.15) is 5.69 Å². The van der Waals surface area contributed by atoms with Crippen LogP contribution in [0.3, 0.4) is 0 Å². The number of hydrogen-bond acceptors (Lipinski definition) is 6. The van der Waals surface area contributed by atoms with Crippen molar-refractivity contribution >= 4 is 17.3 Å². The Morgan fingerprint density at radius 1 is 1.04 bits per heavy atom. The van der Waals surface area contributed by atoms with Gasteiger partial charge in [0.05, 0.1) is 33.2 Å². The molecule has 0 atom stereocenters. The van der Waals surface area contributed by atoms with Crippen molar-refractivity contribution in [3.8, 4) is 17.2 Å². The Morgan fingerprint density at radius 3 is 2.23 bits per heavy atom. The summed E-state index contributed by atoms with van der Waals surface area (Å²) in [6.45, 7) is 3.02. The standard InChI is InChI=1S/C19H25N3O4/c1-5-6-9-20-13-7-8-15(21-12-13)19(23)22-14-10-16(24-2)18(26-4)17(11-14)25-3/h7-8,10-12,20H,5-6,9H2,1-4H3,(H,22,23). The molecule has 140 valence electrons. The molecule has 1 aromatic carbocycles. The van der Waals surface area contributed by atoms with E-state index in [0.717, 1.165) is 25.1 Å². The van der Waals surface area contributed by atoms with Crippen molar-refractivity contribution in [2.75, 3.05) is 38.5 Å². The van der Waals surface area contributed by atoms with Crippen molar-refractivity contribution in [2.24, 2.45) is 0 Å². The summed E-state index contributed by atoms with van der Waals surface area (Å²) in [4.78, 5) is 16.6. The zero-order valence-corrected chi connectivity index (χ0v) is 15.6. The van der Waals surface area contributed by atoms with Crippen LogP contribution in [0.2, 0.25) is 0 Å². The topological polar surface area (TPSA) is 81.7 Å². The quantitative estimate of drug-likeness (QED) is 0.666. The third-order valence-corrected chi connectivity index (χ3v) is 3.78. The molecule has 7 heteroatoms. The summed E-state index contributed by atoms with van der Waals surface area (Å²) in [7, 11) is 4.57. The van der Waals surface area contributed by atoms with Gasteiger partial charge in [0.25, 0.3) is 5.91 Å². The van der Waals surface area contributed by atoms with Crippen LogP contribution in [0.5, 0.6) is 17.2 Å². The predicted molar refractivity (Wildman–Crippen MR) is 102 cm³/mol. The molecule has 0 saturated carbocycles. The summed E-state index contributed by atoms with van der Waals surface area (Å²) in [5, 5.41) is 6.06. The van der Waals surface area contributed by atoms with E-state index in [4.69, 9.17) is 14.2 Å². The fourth-order valence-corrected chi connectivity index (χ4v) is 2.39. The third-order valence-electron chi connectivity index (χ3n) is 3.78. The molecule has 2 aromatic rings. The zero-order chi connectivity index (χ0) is 18.9. The highest BCUT2D eigenvalue weighted by Crippen LogP contribution is 2.39. The number of methoxy groups -OCH3 is 3. The van der Waals surface area contributed by atoms with Crippen LogP contribution in [0.15, 0.2) is 30.5 Å². The molecule has 0 saturated heterocycles. The molecule has 7 nitrogen and oxygen atoms in total. The second-order valence-corrected chi connectivity index (χ2v) is 5.58. The normalized spacial score (nSPS) is 10.2. The first-order valence-electron chi connectivity index (χ1n) is 8.44. The van der Waals surface area contributed by atoms with Crippen LogP contribution in [0.25, 0.3) is 0 Å². The van der Waals surface area contributed by atoms with Crippen LogP contribution in [-0.2, 0) is 0 Å². The highest BCUT2D eigenvalue weighted by atomic mass is 16.5. The molecular weight excluding hydrogens is 334 g/mol. The first-order valence-corrected chi connectivity index (χ1v) is 8.44. The van der Waals surface area contributed by atoms with Crippen molar-refractivity contribution in [1.82, 2.24) is 4.98 Å². The average molecular weight is 359 g/mol. The second-order valence-electron chi connectivity index (χ2n) is 5.58. The molecule has 0 aliphatic rings. The maximum absolute atomic E-state index is 12.4. The van der Waals surface area contributed by atoms with Crippen molar-refractivity contribution in [2.45, 2.75) is 19.8 Å². The van der Waals surface area contributed by atoms with E-state index in [1.165, 1.54) is 21.3 Å². The molecule has 0 bridgehead atoms. The minimum Gasteiger partial charge on any atom is -0.493 e. The molecule has 0 aliphatic carbocycles. The number of aromatic nitrogens is 1. The van der Waals surface area contributed by atoms with Crippen LogP contribution in [0, 0.1) is 0 Å². The van der Waals surface area contributed by atoms with Gasteiger partial charge in [-0.15, -0.1) is 0 Å². The molecule has 0 radical (unpaired) electrons. The molecule has 0 unspecified atom stereocenters. The number of nitrogens with zero attached hydrogens (tertiary/aromatic N) is 1. The highest BCUT2D eigenvalue weighted by Gasteiger charge is 2.15. The number of ether oxygens (including phenoxy) is 3. The Labute approximate surface area is 153 Å². The van der Waals surface area contributed by atoms with Gasteiger partial charge in [-0.05, 0) is 18.6 Å². The number of carbonyl (C=O) groups is 1. The Bertz CT molecular complexity index is 707. The summed E-state index contributed by atoms with van der Waals surface area (Å²) < 4.78 is 15.9. The van der Waals surface area contributed by atoms with Gasteiger partial charge >= 0.3 is 0 Å². The van der Waals surface area contributed by atoms with E-state index in [1.54, 1.807) is 24.4 Å². The van der Waals surface area contributed by atoms with E-state index in [0.29, 0.717) is 28.6 Å². The van der Waals surface area contributed by atoms with Crippen molar-refractivity contribution < 1.29 is 19.0 Å². The average Bonchev–Trinajstić information content (AvgIpc) is 2.67. The maximum atomic E-state index is 12.4. The fourth-order valence-electron chi connectivity index (χ4n) is 2.39. The number of nitrogens with one attached hydrogen (secondary N) is 2. The SMILES string of the molecule is CCCCNc1ccc(C(=O)Nc2cc(OC)c(OC)c(OC)c2)nc1. The van der Waals surface area contributed by atoms with Gasteiger partial charge in [-0.25, -0.2) is 4.98 Å². The van der Waals surface area contributed by atoms with Gasteiger partial charge in [0.15, 0.2) is 11.5 Å². The van der Waals surface area contributed by atoms with Crippen LogP contribution >= 0.6 is 0 Å². The molecular formula is C19H25N3O4. The summed E-state index contributed by atoms with van der Waals surface area (Å²) in [5.41, 5.74) is 1.74. The molecule has 2 rings (SSSR count). The van der Waals surface area contributed by atoms with E-state index in [9.17, 15) is 4.79 Å². The van der Waals surface area contributed by atoms with Crippen LogP contribution in [0.1, 0.15) is 30.3 Å². The fraction of sp³-hybridized carbons (Fsp3) is 0.368. The van der Waals surface area contributed by atoms with E-state index in [-0.39, 0.29) is 5.91 Å². The summed E-state index contributed by atoms with van der Waals surface area (Å²) in [6, 6.07) is 6.86. The number of unbranched alkanes of at least 4 members (excludes halogenated alkanes) is 1. The number of benzene rings is 1. The smallest absolute Gasteiger partial charge is 0.274 e. The number of amides is 1. The van der Waals surface area contributed by atoms with Gasteiger partial charge in [-0.2, -0.15) is 0 Å². The number of anilines is 2. The van der Waals surface area contributed by atoms with Gasteiger partial charge in [-0.1, -0.05) is 13.3 Å². The molecule has 2 N–H and O–H groups in total.